The van der Waals surface area contributed by atoms with Gasteiger partial charge in [-0.1, -0.05) is 41.5 Å². The van der Waals surface area contributed by atoms with Crippen molar-refractivity contribution in [3.8, 4) is 5.75 Å². The molecule has 0 bridgehead atoms. The van der Waals surface area contributed by atoms with Gasteiger partial charge in [0, 0.05) is 4.90 Å². The van der Waals surface area contributed by atoms with E-state index in [0.717, 1.165) is 11.5 Å². The summed E-state index contributed by atoms with van der Waals surface area (Å²) < 4.78 is 19.2. The van der Waals surface area contributed by atoms with Gasteiger partial charge in [0.1, 0.15) is 5.75 Å². The lowest BCUT2D eigenvalue weighted by Gasteiger charge is -2.40. The van der Waals surface area contributed by atoms with Gasteiger partial charge in [0.05, 0.1) is 18.3 Å². The highest BCUT2D eigenvalue weighted by Crippen LogP contribution is 2.51. The molecular weight excluding hydrogens is 583 g/mol. The summed E-state index contributed by atoms with van der Waals surface area (Å²) in [6.07, 6.45) is 13.9. The van der Waals surface area contributed by atoms with Gasteiger partial charge in [-0.05, 0) is 157 Å². The average molecular weight is 650 g/mol. The van der Waals surface area contributed by atoms with Crippen molar-refractivity contribution in [1.29, 1.82) is 0 Å². The van der Waals surface area contributed by atoms with Gasteiger partial charge in [-0.25, -0.2) is 0 Å². The lowest BCUT2D eigenvalue weighted by Crippen LogP contribution is -2.44. The van der Waals surface area contributed by atoms with Crippen LogP contribution in [-0.2, 0) is 8.85 Å². The molecule has 1 aromatic rings. The van der Waals surface area contributed by atoms with Gasteiger partial charge in [0.2, 0.25) is 0 Å². The van der Waals surface area contributed by atoms with Crippen molar-refractivity contribution in [2.45, 2.75) is 165 Å². The first-order valence-corrected chi connectivity index (χ1v) is 24.1. The first-order chi connectivity index (χ1) is 19.9. The van der Waals surface area contributed by atoms with Crippen molar-refractivity contribution in [3.05, 3.63) is 24.3 Å². The van der Waals surface area contributed by atoms with Crippen molar-refractivity contribution in [1.82, 2.24) is 4.90 Å². The van der Waals surface area contributed by atoms with Crippen LogP contribution in [0.15, 0.2) is 29.2 Å². The fourth-order valence-electron chi connectivity index (χ4n) is 5.52. The Labute approximate surface area is 273 Å². The molecule has 0 atom stereocenters. The number of nitrogens with zero attached hydrogens (tertiary/aromatic N) is 1. The molecule has 0 amide bonds. The van der Waals surface area contributed by atoms with Gasteiger partial charge in [-0.2, -0.15) is 0 Å². The number of benzene rings is 1. The highest BCUT2D eigenvalue weighted by atomic mass is 32.2. The lowest BCUT2D eigenvalue weighted by molar-refractivity contribution is 0.139. The van der Waals surface area contributed by atoms with E-state index in [1.165, 1.54) is 95.2 Å². The molecule has 3 rings (SSSR count). The maximum Gasteiger partial charge on any atom is 0.192 e. The summed E-state index contributed by atoms with van der Waals surface area (Å²) >= 11 is 1.97. The molecule has 2 fully saturated rings. The maximum absolute atomic E-state index is 6.92. The largest absolute Gasteiger partial charge is 0.497 e. The third-order valence-corrected chi connectivity index (χ3v) is 21.0. The van der Waals surface area contributed by atoms with E-state index < -0.39 is 16.6 Å². The van der Waals surface area contributed by atoms with Crippen LogP contribution in [-0.4, -0.2) is 65.2 Å². The summed E-state index contributed by atoms with van der Waals surface area (Å²) in [6, 6.07) is 8.50. The van der Waals surface area contributed by atoms with Gasteiger partial charge in [-0.15, -0.1) is 11.8 Å². The quantitative estimate of drug-likeness (QED) is 0.0797. The van der Waals surface area contributed by atoms with E-state index in [-0.39, 0.29) is 21.3 Å². The van der Waals surface area contributed by atoms with Gasteiger partial charge < -0.3 is 18.5 Å². The Kier molecular flexibility index (Phi) is 13.0. The molecule has 2 saturated carbocycles. The number of rotatable bonds is 20. The van der Waals surface area contributed by atoms with Crippen LogP contribution in [0, 0.1) is 0 Å². The second kappa shape index (κ2) is 15.1. The van der Waals surface area contributed by atoms with Gasteiger partial charge in [0.15, 0.2) is 16.6 Å². The first kappa shape index (κ1) is 37.1. The minimum absolute atomic E-state index is 0.200. The highest BCUT2D eigenvalue weighted by Gasteiger charge is 2.51. The van der Waals surface area contributed by atoms with E-state index in [9.17, 15) is 0 Å². The van der Waals surface area contributed by atoms with Crippen LogP contribution in [0.4, 0.5) is 0 Å². The van der Waals surface area contributed by atoms with Crippen molar-refractivity contribution in [2.24, 2.45) is 0 Å². The van der Waals surface area contributed by atoms with Gasteiger partial charge in [0.25, 0.3) is 0 Å². The third-order valence-electron chi connectivity index (χ3n) is 10.8. The molecule has 0 spiro atoms. The molecule has 4 nitrogen and oxygen atoms in total. The Balaban J connectivity index is 1.45. The summed E-state index contributed by atoms with van der Waals surface area (Å²) in [4.78, 5) is 4.09. The zero-order valence-electron chi connectivity index (χ0n) is 30.0. The number of hydrogen-bond donors (Lipinski definition) is 0. The highest BCUT2D eigenvalue weighted by molar-refractivity contribution is 7.99. The maximum atomic E-state index is 6.92. The Bertz CT molecular complexity index is 924. The van der Waals surface area contributed by atoms with Crippen LogP contribution in [0.2, 0.25) is 36.3 Å². The van der Waals surface area contributed by atoms with Crippen LogP contribution in [0.5, 0.6) is 5.75 Å². The summed E-state index contributed by atoms with van der Waals surface area (Å²) in [5, 5.41) is 0.579. The molecular formula is C36H67NO3SSi2. The minimum atomic E-state index is -1.70. The summed E-state index contributed by atoms with van der Waals surface area (Å²) in [5.41, 5.74) is 0.400. The molecule has 0 N–H and O–H groups in total. The molecule has 7 heteroatoms. The van der Waals surface area contributed by atoms with Crippen LogP contribution < -0.4 is 4.74 Å². The van der Waals surface area contributed by atoms with Crippen molar-refractivity contribution in [2.75, 3.05) is 32.5 Å². The molecule has 2 aliphatic carbocycles. The average Bonchev–Trinajstić information content (AvgIpc) is 3.83. The number of thioether (sulfide) groups is 1. The predicted octanol–water partition coefficient (Wildman–Crippen LogP) is 10.9. The van der Waals surface area contributed by atoms with Crippen LogP contribution in [0.3, 0.4) is 0 Å². The van der Waals surface area contributed by atoms with E-state index in [2.05, 4.69) is 96.9 Å². The zero-order chi connectivity index (χ0) is 32.0. The Morgan fingerprint density at radius 1 is 0.674 bits per heavy atom. The van der Waals surface area contributed by atoms with E-state index in [1.54, 1.807) is 7.11 Å². The number of ether oxygens (including phenoxy) is 1. The fourth-order valence-corrected chi connectivity index (χ4v) is 9.75. The molecule has 0 heterocycles. The molecule has 0 aromatic heterocycles. The standard InChI is InChI=1S/C36H67NO3SSi2/c1-33(2,3)42(8,9)39-35(23-24-35)21-12-14-27-37(29-16-30-41-32-19-17-31(38-7)18-20-32)28-15-13-22-36(25-26-36)40-43(10,11)34(4,5)6/h17-20H,12-16,21-30H2,1-11H3. The molecule has 0 saturated heterocycles. The number of hydrogen-bond acceptors (Lipinski definition) is 5. The van der Waals surface area contributed by atoms with E-state index >= 15 is 0 Å². The minimum Gasteiger partial charge on any atom is -0.497 e. The smallest absolute Gasteiger partial charge is 0.192 e. The molecule has 1 aromatic carbocycles. The summed E-state index contributed by atoms with van der Waals surface area (Å²) in [5.74, 6) is 2.09. The summed E-state index contributed by atoms with van der Waals surface area (Å²) in [7, 11) is -1.67. The van der Waals surface area contributed by atoms with Gasteiger partial charge >= 0.3 is 0 Å². The first-order valence-electron chi connectivity index (χ1n) is 17.3. The Hall–Kier alpha value is -0.316. The lowest BCUT2D eigenvalue weighted by atomic mass is 10.1. The van der Waals surface area contributed by atoms with Crippen LogP contribution in [0.1, 0.15) is 112 Å². The SMILES string of the molecule is COc1ccc(SCCCN(CCCCC2(O[Si](C)(C)C(C)(C)C)CC2)CCCCC2(O[Si](C)(C)C(C)(C)C)CC2)cc1. The molecule has 0 unspecified atom stereocenters. The van der Waals surface area contributed by atoms with Crippen molar-refractivity contribution in [3.63, 3.8) is 0 Å². The monoisotopic (exact) mass is 649 g/mol. The summed E-state index contributed by atoms with van der Waals surface area (Å²) in [6.45, 7) is 27.5. The number of methoxy groups -OCH3 is 1. The molecule has 0 aliphatic heterocycles. The predicted molar refractivity (Wildman–Crippen MR) is 193 cm³/mol. The second-order valence-electron chi connectivity index (χ2n) is 16.7. The second-order valence-corrected chi connectivity index (χ2v) is 27.3. The Morgan fingerprint density at radius 3 is 1.47 bits per heavy atom. The molecule has 43 heavy (non-hydrogen) atoms. The van der Waals surface area contributed by atoms with Crippen LogP contribution >= 0.6 is 11.8 Å². The van der Waals surface area contributed by atoms with E-state index in [4.69, 9.17) is 13.6 Å². The van der Waals surface area contributed by atoms with Crippen molar-refractivity contribution >= 4 is 28.4 Å². The third kappa shape index (κ3) is 11.8. The molecule has 0 radical (unpaired) electrons. The zero-order valence-corrected chi connectivity index (χ0v) is 32.8. The molecule has 2 aliphatic rings. The topological polar surface area (TPSA) is 30.9 Å². The van der Waals surface area contributed by atoms with Crippen LogP contribution in [0.25, 0.3) is 0 Å². The number of unbranched alkanes of at least 4 members (excludes halogenated alkanes) is 2. The van der Waals surface area contributed by atoms with Gasteiger partial charge in [-0.3, -0.25) is 0 Å². The van der Waals surface area contributed by atoms with E-state index in [0.29, 0.717) is 0 Å². The van der Waals surface area contributed by atoms with E-state index in [1.807, 2.05) is 11.8 Å². The Morgan fingerprint density at radius 2 is 1.09 bits per heavy atom. The fraction of sp³-hybridized carbons (Fsp3) is 0.833. The van der Waals surface area contributed by atoms with Crippen molar-refractivity contribution < 1.29 is 13.6 Å². The molecule has 248 valence electrons. The normalized spacial score (nSPS) is 18.2.